The molecule has 1 unspecified atom stereocenters. The molecule has 3 rings (SSSR count). The van der Waals surface area contributed by atoms with Crippen molar-refractivity contribution in [3.63, 3.8) is 0 Å². The number of nitrogens with zero attached hydrogens (tertiary/aromatic N) is 2. The van der Waals surface area contributed by atoms with Gasteiger partial charge in [0.2, 0.25) is 11.8 Å². The maximum Gasteiger partial charge on any atom is 0.264 e. The number of hydrogen-bond acceptors (Lipinski definition) is 4. The summed E-state index contributed by atoms with van der Waals surface area (Å²) in [6.07, 6.45) is 1.29. The lowest BCUT2D eigenvalue weighted by atomic mass is 10.1. The van der Waals surface area contributed by atoms with Crippen LogP contribution >= 0.6 is 23.2 Å². The normalized spacial score (nSPS) is 12.0. The van der Waals surface area contributed by atoms with Crippen molar-refractivity contribution in [2.45, 2.75) is 51.1 Å². The lowest BCUT2D eigenvalue weighted by molar-refractivity contribution is -0.139. The average Bonchev–Trinajstić information content (AvgIpc) is 2.94. The van der Waals surface area contributed by atoms with E-state index in [1.165, 1.54) is 17.0 Å². The van der Waals surface area contributed by atoms with Crippen molar-refractivity contribution >= 4 is 50.7 Å². The molecule has 0 bridgehead atoms. The first kappa shape index (κ1) is 30.5. The van der Waals surface area contributed by atoms with Crippen molar-refractivity contribution in [3.8, 4) is 0 Å². The number of halogens is 2. The van der Waals surface area contributed by atoms with E-state index in [-0.39, 0.29) is 17.3 Å². The minimum Gasteiger partial charge on any atom is -0.354 e. The Morgan fingerprint density at radius 1 is 0.923 bits per heavy atom. The maximum atomic E-state index is 14.0. The maximum absolute atomic E-state index is 14.0. The Balaban J connectivity index is 2.06. The van der Waals surface area contributed by atoms with Crippen LogP contribution < -0.4 is 9.62 Å². The highest BCUT2D eigenvalue weighted by Crippen LogP contribution is 2.29. The van der Waals surface area contributed by atoms with E-state index in [9.17, 15) is 18.0 Å². The van der Waals surface area contributed by atoms with Crippen LogP contribution in [-0.4, -0.2) is 44.3 Å². The molecule has 0 saturated carbocycles. The van der Waals surface area contributed by atoms with E-state index in [2.05, 4.69) is 5.32 Å². The molecule has 0 spiro atoms. The van der Waals surface area contributed by atoms with Gasteiger partial charge < -0.3 is 10.2 Å². The van der Waals surface area contributed by atoms with Gasteiger partial charge in [-0.1, -0.05) is 79.5 Å². The van der Waals surface area contributed by atoms with Gasteiger partial charge in [-0.15, -0.1) is 0 Å². The molecule has 3 aromatic carbocycles. The number of nitrogens with one attached hydrogen (secondary N) is 1. The van der Waals surface area contributed by atoms with Crippen LogP contribution in [0.2, 0.25) is 10.0 Å². The lowest BCUT2D eigenvalue weighted by Gasteiger charge is -2.32. The predicted octanol–water partition coefficient (Wildman–Crippen LogP) is 5.69. The molecular weight excluding hydrogens is 557 g/mol. The van der Waals surface area contributed by atoms with E-state index in [0.29, 0.717) is 34.3 Å². The van der Waals surface area contributed by atoms with Crippen molar-refractivity contribution in [1.82, 2.24) is 10.2 Å². The molecule has 10 heteroatoms. The Morgan fingerprint density at radius 3 is 2.23 bits per heavy atom. The van der Waals surface area contributed by atoms with E-state index in [1.54, 1.807) is 55.5 Å². The molecule has 1 N–H and O–H groups in total. The highest BCUT2D eigenvalue weighted by atomic mass is 35.5. The lowest BCUT2D eigenvalue weighted by Crippen LogP contribution is -2.51. The molecular formula is C29H33Cl2N3O4S. The second kappa shape index (κ2) is 13.8. The molecule has 0 saturated heterocycles. The summed E-state index contributed by atoms with van der Waals surface area (Å²) in [4.78, 5) is 28.3. The highest BCUT2D eigenvalue weighted by molar-refractivity contribution is 7.92. The molecule has 0 heterocycles. The Kier molecular flexibility index (Phi) is 10.8. The first-order valence-corrected chi connectivity index (χ1v) is 15.0. The van der Waals surface area contributed by atoms with Crippen LogP contribution in [0.5, 0.6) is 0 Å². The average molecular weight is 591 g/mol. The molecule has 39 heavy (non-hydrogen) atoms. The first-order valence-electron chi connectivity index (χ1n) is 12.8. The summed E-state index contributed by atoms with van der Waals surface area (Å²) in [6.45, 7) is 5.39. The number of para-hydroxylation sites is 1. The summed E-state index contributed by atoms with van der Waals surface area (Å²) < 4.78 is 28.9. The monoisotopic (exact) mass is 589 g/mol. The van der Waals surface area contributed by atoms with Gasteiger partial charge in [0, 0.05) is 23.1 Å². The van der Waals surface area contributed by atoms with E-state index >= 15 is 0 Å². The van der Waals surface area contributed by atoms with Gasteiger partial charge in [-0.2, -0.15) is 0 Å². The predicted molar refractivity (Wildman–Crippen MR) is 157 cm³/mol. The highest BCUT2D eigenvalue weighted by Gasteiger charge is 2.33. The summed E-state index contributed by atoms with van der Waals surface area (Å²) in [7, 11) is -4.12. The second-order valence-corrected chi connectivity index (χ2v) is 11.7. The molecule has 3 aromatic rings. The van der Waals surface area contributed by atoms with Crippen molar-refractivity contribution in [2.75, 3.05) is 17.4 Å². The van der Waals surface area contributed by atoms with Crippen molar-refractivity contribution in [2.24, 2.45) is 0 Å². The minimum absolute atomic E-state index is 0.00973. The number of hydrogen-bond donors (Lipinski definition) is 1. The topological polar surface area (TPSA) is 86.8 Å². The second-order valence-electron chi connectivity index (χ2n) is 9.03. The van der Waals surface area contributed by atoms with Gasteiger partial charge in [0.05, 0.1) is 10.6 Å². The Hall–Kier alpha value is -3.07. The largest absolute Gasteiger partial charge is 0.354 e. The fourth-order valence-electron chi connectivity index (χ4n) is 4.10. The van der Waals surface area contributed by atoms with Crippen LogP contribution in [0.15, 0.2) is 77.7 Å². The zero-order valence-corrected chi connectivity index (χ0v) is 24.6. The van der Waals surface area contributed by atoms with E-state index < -0.39 is 28.5 Å². The minimum atomic E-state index is -4.12. The van der Waals surface area contributed by atoms with E-state index in [0.717, 1.165) is 16.3 Å². The number of rotatable bonds is 12. The quantitative estimate of drug-likeness (QED) is 0.294. The summed E-state index contributed by atoms with van der Waals surface area (Å²) in [5, 5.41) is 3.59. The van der Waals surface area contributed by atoms with Crippen LogP contribution in [0.25, 0.3) is 0 Å². The van der Waals surface area contributed by atoms with Gasteiger partial charge in [0.25, 0.3) is 10.0 Å². The Bertz CT molecular complexity index is 1400. The van der Waals surface area contributed by atoms with Crippen molar-refractivity contribution in [3.05, 3.63) is 94.0 Å². The smallest absolute Gasteiger partial charge is 0.264 e. The SMILES string of the molecule is CCCNC(=O)C(C)N(Cc1ccc(Cl)cc1Cl)C(=O)CN(c1ccccc1CC)S(=O)(=O)c1ccccc1. The van der Waals surface area contributed by atoms with Crippen LogP contribution in [0.3, 0.4) is 0 Å². The molecule has 0 aromatic heterocycles. The third kappa shape index (κ3) is 7.53. The van der Waals surface area contributed by atoms with Gasteiger partial charge >= 0.3 is 0 Å². The number of anilines is 1. The summed E-state index contributed by atoms with van der Waals surface area (Å²) in [6, 6.07) is 19.1. The molecule has 2 amide bonds. The number of amides is 2. The first-order chi connectivity index (χ1) is 18.6. The molecule has 208 valence electrons. The Morgan fingerprint density at radius 2 is 1.59 bits per heavy atom. The van der Waals surface area contributed by atoms with Crippen molar-refractivity contribution < 1.29 is 18.0 Å². The van der Waals surface area contributed by atoms with Gasteiger partial charge in [-0.05, 0) is 61.2 Å². The molecule has 0 aliphatic rings. The Labute approximate surface area is 240 Å². The van der Waals surface area contributed by atoms with Gasteiger partial charge in [0.15, 0.2) is 0 Å². The number of aryl methyl sites for hydroxylation is 1. The van der Waals surface area contributed by atoms with Crippen LogP contribution in [-0.2, 0) is 32.6 Å². The fourth-order valence-corrected chi connectivity index (χ4v) is 6.04. The number of carbonyl (C=O) groups is 2. The molecule has 0 aliphatic carbocycles. The standard InChI is InChI=1S/C29H33Cl2N3O4S/c1-4-17-32-29(36)21(3)33(19-23-15-16-24(30)18-26(23)31)28(35)20-34(27-14-10-9-11-22(27)5-2)39(37,38)25-12-7-6-8-13-25/h6-16,18,21H,4-5,17,19-20H2,1-3H3,(H,32,36). The molecule has 1 atom stereocenters. The summed E-state index contributed by atoms with van der Waals surface area (Å²) >= 11 is 12.5. The number of sulfonamides is 1. The summed E-state index contributed by atoms with van der Waals surface area (Å²) in [5.74, 6) is -0.896. The van der Waals surface area contributed by atoms with Crippen LogP contribution in [0.4, 0.5) is 5.69 Å². The fraction of sp³-hybridized carbons (Fsp3) is 0.310. The van der Waals surface area contributed by atoms with E-state index in [4.69, 9.17) is 23.2 Å². The molecule has 0 aliphatic heterocycles. The molecule has 0 fully saturated rings. The third-order valence-electron chi connectivity index (χ3n) is 6.32. The summed E-state index contributed by atoms with van der Waals surface area (Å²) in [5.41, 5.74) is 1.76. The molecule has 0 radical (unpaired) electrons. The zero-order valence-electron chi connectivity index (χ0n) is 22.2. The van der Waals surface area contributed by atoms with E-state index in [1.807, 2.05) is 26.0 Å². The van der Waals surface area contributed by atoms with Gasteiger partial charge in [-0.25, -0.2) is 8.42 Å². The number of carbonyl (C=O) groups excluding carboxylic acids is 2. The molecule has 7 nitrogen and oxygen atoms in total. The van der Waals surface area contributed by atoms with Crippen LogP contribution in [0.1, 0.15) is 38.3 Å². The van der Waals surface area contributed by atoms with Crippen LogP contribution in [0, 0.1) is 0 Å². The third-order valence-corrected chi connectivity index (χ3v) is 8.68. The number of benzene rings is 3. The van der Waals surface area contributed by atoms with Gasteiger partial charge in [-0.3, -0.25) is 13.9 Å². The zero-order chi connectivity index (χ0) is 28.6. The van der Waals surface area contributed by atoms with Crippen molar-refractivity contribution in [1.29, 1.82) is 0 Å². The van der Waals surface area contributed by atoms with Gasteiger partial charge in [0.1, 0.15) is 12.6 Å².